The zero-order valence-corrected chi connectivity index (χ0v) is 29.6. The maximum atomic E-state index is 15.0. The molecule has 1 heterocycles. The number of hydrogen-bond donors (Lipinski definition) is 7. The first kappa shape index (κ1) is 39.5. The number of nitrogens with zero attached hydrogens (tertiary/aromatic N) is 2. The van der Waals surface area contributed by atoms with Gasteiger partial charge in [0, 0.05) is 24.7 Å². The second-order valence-corrected chi connectivity index (χ2v) is 13.7. The standard InChI is InChI=1S/C38H49N9O5/c1-37(2,42)35(51)38(43,21-28-22-44-23-45-28)36(52)47(34(50)29(40)19-25-15-16-26-12-6-7-13-27(26)18-25)31(20-24-10-4-3-5-11-24)33(49)46-30(32(41)48)14-8-9-17-39/h3-7,10-13,15-16,18,22-23,29-31H,8-9,14,17,19-21,39-40,42-43H2,1-2H3,(H2,41,48)(H,44,45)(H,46,49)/t29?,30-,31+,38+/m0/s1/i35+2. The first-order chi connectivity index (χ1) is 24.6. The molecule has 276 valence electrons. The number of imidazole rings is 1. The Morgan fingerprint density at radius 1 is 0.923 bits per heavy atom. The number of carbonyl (C=O) groups excluding carboxylic acids is 5. The molecule has 52 heavy (non-hydrogen) atoms. The van der Waals surface area contributed by atoms with Crippen molar-refractivity contribution in [2.24, 2.45) is 28.7 Å². The smallest absolute Gasteiger partial charge is 0.258 e. The lowest BCUT2D eigenvalue weighted by Gasteiger charge is -2.39. The summed E-state index contributed by atoms with van der Waals surface area (Å²) in [5, 5.41) is 4.54. The number of nitrogens with two attached hydrogens (primary N) is 5. The maximum absolute atomic E-state index is 15.0. The van der Waals surface area contributed by atoms with Crippen LogP contribution in [0.4, 0.5) is 0 Å². The molecule has 0 bridgehead atoms. The lowest BCUT2D eigenvalue weighted by Crippen LogP contribution is -2.72. The third-order valence-electron chi connectivity index (χ3n) is 8.93. The molecule has 3 aromatic carbocycles. The molecule has 0 spiro atoms. The summed E-state index contributed by atoms with van der Waals surface area (Å²) >= 11 is 0. The summed E-state index contributed by atoms with van der Waals surface area (Å²) in [6.45, 7) is 3.14. The van der Waals surface area contributed by atoms with Gasteiger partial charge in [0.1, 0.15) is 12.1 Å². The summed E-state index contributed by atoms with van der Waals surface area (Å²) in [7, 11) is 0. The van der Waals surface area contributed by atoms with Gasteiger partial charge in [0.25, 0.3) is 5.91 Å². The van der Waals surface area contributed by atoms with E-state index >= 15 is 4.79 Å². The first-order valence-corrected chi connectivity index (χ1v) is 17.2. The monoisotopic (exact) mass is 713 g/mol. The largest absolute Gasteiger partial charge is 0.368 e. The van der Waals surface area contributed by atoms with Crippen LogP contribution < -0.4 is 34.0 Å². The normalized spacial score (nSPS) is 14.5. The van der Waals surface area contributed by atoms with Crippen molar-refractivity contribution in [3.63, 3.8) is 0 Å². The molecule has 0 aliphatic heterocycles. The number of benzene rings is 3. The van der Waals surface area contributed by atoms with Crippen LogP contribution in [-0.2, 0) is 43.2 Å². The number of aromatic nitrogens is 2. The van der Waals surface area contributed by atoms with Crippen molar-refractivity contribution in [3.05, 3.63) is 102 Å². The summed E-state index contributed by atoms with van der Waals surface area (Å²) in [4.78, 5) is 78.2. The van der Waals surface area contributed by atoms with Gasteiger partial charge < -0.3 is 39.0 Å². The number of carbonyl (C=O) groups is 5. The summed E-state index contributed by atoms with van der Waals surface area (Å²) in [6.07, 6.45) is 3.28. The van der Waals surface area contributed by atoms with E-state index in [0.717, 1.165) is 10.8 Å². The van der Waals surface area contributed by atoms with Crippen molar-refractivity contribution in [2.45, 2.75) is 81.6 Å². The van der Waals surface area contributed by atoms with E-state index in [9.17, 15) is 19.2 Å². The fraction of sp³-hybridized carbons (Fsp3) is 0.368. The number of Topliss-reactive ketones (excluding diaryl/α,β-unsaturated/α-hetero) is 1. The highest BCUT2D eigenvalue weighted by Crippen LogP contribution is 2.25. The van der Waals surface area contributed by atoms with Crippen molar-refractivity contribution >= 4 is 40.2 Å². The number of fused-ring (bicyclic) bond motifs is 1. The van der Waals surface area contributed by atoms with Crippen LogP contribution in [0.5, 0.6) is 0 Å². The molecule has 4 aromatic rings. The lowest BCUT2D eigenvalue weighted by atomic mass is 9.94. The lowest BCUT2D eigenvalue weighted by molar-refractivity contribution is -0.158. The van der Waals surface area contributed by atoms with Crippen LogP contribution in [0.1, 0.15) is 49.9 Å². The van der Waals surface area contributed by atoms with Crippen molar-refractivity contribution in [3.8, 4) is 0 Å². The molecular formula is C38H49N9O5. The number of primary amides is 1. The second-order valence-electron chi connectivity index (χ2n) is 13.7. The average Bonchev–Trinajstić information content (AvgIpc) is 3.63. The average molecular weight is 714 g/mol. The van der Waals surface area contributed by atoms with Gasteiger partial charge in [-0.3, -0.25) is 28.9 Å². The fourth-order valence-corrected chi connectivity index (χ4v) is 6.19. The highest BCUT2D eigenvalue weighted by molar-refractivity contribution is 6.19. The van der Waals surface area contributed by atoms with Gasteiger partial charge in [-0.1, -0.05) is 72.8 Å². The number of H-pyrrole nitrogens is 1. The van der Waals surface area contributed by atoms with Crippen LogP contribution >= 0.6 is 0 Å². The number of nitrogens with one attached hydrogen (secondary N) is 2. The second kappa shape index (κ2) is 17.3. The molecule has 14 heteroatoms. The van der Waals surface area contributed by atoms with E-state index in [-0.39, 0.29) is 19.3 Å². The van der Waals surface area contributed by atoms with Crippen molar-refractivity contribution in [2.75, 3.05) is 6.54 Å². The Hall–Kier alpha value is -5.28. The molecule has 0 saturated heterocycles. The molecule has 0 radical (unpaired) electrons. The molecule has 4 atom stereocenters. The van der Waals surface area contributed by atoms with E-state index < -0.39 is 65.0 Å². The topological polar surface area (TPSA) is 259 Å². The number of aromatic amines is 1. The summed E-state index contributed by atoms with van der Waals surface area (Å²) < 4.78 is 0. The van der Waals surface area contributed by atoms with Crippen LogP contribution in [0.2, 0.25) is 0 Å². The molecule has 0 aliphatic carbocycles. The Morgan fingerprint density at radius 3 is 2.21 bits per heavy atom. The van der Waals surface area contributed by atoms with E-state index in [4.69, 9.17) is 28.7 Å². The van der Waals surface area contributed by atoms with Gasteiger partial charge in [-0.15, -0.1) is 0 Å². The molecule has 0 fully saturated rings. The molecule has 4 rings (SSSR count). The van der Waals surface area contributed by atoms with E-state index in [1.807, 2.05) is 42.5 Å². The fourth-order valence-electron chi connectivity index (χ4n) is 6.19. The Morgan fingerprint density at radius 2 is 1.60 bits per heavy atom. The molecular weight excluding hydrogens is 664 g/mol. The van der Waals surface area contributed by atoms with Crippen molar-refractivity contribution in [1.82, 2.24) is 20.2 Å². The zero-order chi connectivity index (χ0) is 38.1. The predicted octanol–water partition coefficient (Wildman–Crippen LogP) is 0.745. The molecule has 12 N–H and O–H groups in total. The van der Waals surface area contributed by atoms with Crippen molar-refractivity contribution in [1.29, 1.82) is 0 Å². The number of hydrogen-bond acceptors (Lipinski definition) is 10. The predicted molar refractivity (Wildman–Crippen MR) is 198 cm³/mol. The van der Waals surface area contributed by atoms with E-state index in [2.05, 4.69) is 15.3 Å². The van der Waals surface area contributed by atoms with E-state index in [1.165, 1.54) is 26.4 Å². The Balaban J connectivity index is 1.85. The summed E-state index contributed by atoms with van der Waals surface area (Å²) in [6, 6.07) is 17.8. The van der Waals surface area contributed by atoms with E-state index in [0.29, 0.717) is 41.1 Å². The van der Waals surface area contributed by atoms with Crippen LogP contribution in [0.3, 0.4) is 0 Å². The number of ketones is 1. The minimum Gasteiger partial charge on any atom is -0.368 e. The SMILES string of the molecule is CC(C)(N)[14C](=O)[C@](N)(Cc1cnc[nH]1)C(=O)N(C(=O)C(N)Cc1ccc2ccccc2c1)[C@H](Cc1ccccc1)C(=O)N[C@@H](CCCCN)C(N)=O. The number of imide groups is 1. The minimum atomic E-state index is -2.47. The van der Waals surface area contributed by atoms with Crippen LogP contribution in [0.15, 0.2) is 85.3 Å². The Bertz CT molecular complexity index is 1860. The molecule has 4 amide bonds. The Labute approximate surface area is 302 Å². The van der Waals surface area contributed by atoms with Gasteiger partial charge in [0.15, 0.2) is 11.3 Å². The summed E-state index contributed by atoms with van der Waals surface area (Å²) in [5.74, 6) is -4.73. The highest BCUT2D eigenvalue weighted by atomic mass is 16.3. The quantitative estimate of drug-likeness (QED) is 0.0562. The Kier molecular flexibility index (Phi) is 13.1. The van der Waals surface area contributed by atoms with Gasteiger partial charge in [0.05, 0.1) is 17.9 Å². The minimum absolute atomic E-state index is 0.0232. The van der Waals surface area contributed by atoms with Gasteiger partial charge in [0.2, 0.25) is 17.7 Å². The number of rotatable bonds is 18. The number of amides is 4. The van der Waals surface area contributed by atoms with Gasteiger partial charge >= 0.3 is 0 Å². The van der Waals surface area contributed by atoms with Gasteiger partial charge in [-0.05, 0) is 68.0 Å². The molecule has 0 saturated carbocycles. The maximum Gasteiger partial charge on any atom is 0.258 e. The summed E-state index contributed by atoms with van der Waals surface area (Å²) in [5.41, 5.74) is 28.4. The van der Waals surface area contributed by atoms with Gasteiger partial charge in [-0.25, -0.2) is 4.98 Å². The molecule has 1 aromatic heterocycles. The zero-order valence-electron chi connectivity index (χ0n) is 29.6. The van der Waals surface area contributed by atoms with Crippen LogP contribution in [0.25, 0.3) is 10.8 Å². The van der Waals surface area contributed by atoms with Crippen LogP contribution in [0, 0.1) is 0 Å². The van der Waals surface area contributed by atoms with E-state index in [1.54, 1.807) is 30.3 Å². The highest BCUT2D eigenvalue weighted by Gasteiger charge is 2.53. The molecule has 0 aliphatic rings. The van der Waals surface area contributed by atoms with Crippen LogP contribution in [-0.4, -0.2) is 80.0 Å². The third-order valence-corrected chi connectivity index (χ3v) is 8.93. The van der Waals surface area contributed by atoms with Crippen molar-refractivity contribution < 1.29 is 24.0 Å². The number of unbranched alkanes of at least 4 members (excludes halogenated alkanes) is 1. The third kappa shape index (κ3) is 9.73. The molecule has 14 nitrogen and oxygen atoms in total. The van der Waals surface area contributed by atoms with Gasteiger partial charge in [-0.2, -0.15) is 0 Å². The molecule has 1 unspecified atom stereocenters. The first-order valence-electron chi connectivity index (χ1n) is 17.2.